The number of benzene rings is 1. The van der Waals surface area contributed by atoms with Crippen molar-refractivity contribution < 1.29 is 15.0 Å². The Morgan fingerprint density at radius 1 is 1.38 bits per heavy atom. The van der Waals surface area contributed by atoms with E-state index in [4.69, 9.17) is 5.11 Å². The first-order valence-electron chi connectivity index (χ1n) is 5.14. The standard InChI is InChI=1S/C13H16O3/c1-9(8-14)3-4-12-7-11(10(2)15)5-6-13(12)16/h3,5-7,14,16H,4,8H2,1-2H3/b9-3+. The Balaban J connectivity index is 2.94. The topological polar surface area (TPSA) is 57.5 Å². The van der Waals surface area contributed by atoms with E-state index in [9.17, 15) is 9.90 Å². The number of Topliss-reactive ketones (excluding diaryl/α,β-unsaturated/α-hetero) is 1. The van der Waals surface area contributed by atoms with Crippen LogP contribution in [0.5, 0.6) is 5.75 Å². The Labute approximate surface area is 95.0 Å². The molecule has 0 radical (unpaired) electrons. The molecule has 0 saturated heterocycles. The molecule has 1 aromatic carbocycles. The molecule has 0 unspecified atom stereocenters. The number of rotatable bonds is 4. The second kappa shape index (κ2) is 5.47. The van der Waals surface area contributed by atoms with Crippen molar-refractivity contribution in [3.63, 3.8) is 0 Å². The summed E-state index contributed by atoms with van der Waals surface area (Å²) in [5.74, 6) is 0.149. The molecule has 0 fully saturated rings. The van der Waals surface area contributed by atoms with Crippen LogP contribution in [0.2, 0.25) is 0 Å². The number of ketones is 1. The number of allylic oxidation sites excluding steroid dienone is 1. The van der Waals surface area contributed by atoms with Gasteiger partial charge in [-0.3, -0.25) is 4.79 Å². The van der Waals surface area contributed by atoms with Crippen molar-refractivity contribution in [3.8, 4) is 5.75 Å². The highest BCUT2D eigenvalue weighted by Gasteiger charge is 2.04. The third-order valence-electron chi connectivity index (χ3n) is 2.41. The molecule has 1 rings (SSSR count). The first-order chi connectivity index (χ1) is 7.54. The van der Waals surface area contributed by atoms with Crippen molar-refractivity contribution in [3.05, 3.63) is 41.0 Å². The molecule has 0 aliphatic rings. The first kappa shape index (κ1) is 12.5. The number of carbonyl (C=O) groups excluding carboxylic acids is 1. The molecule has 0 aromatic heterocycles. The van der Waals surface area contributed by atoms with Crippen molar-refractivity contribution in [2.75, 3.05) is 6.61 Å². The quantitative estimate of drug-likeness (QED) is 0.603. The van der Waals surface area contributed by atoms with Crippen molar-refractivity contribution in [2.24, 2.45) is 0 Å². The normalized spacial score (nSPS) is 11.6. The van der Waals surface area contributed by atoms with E-state index < -0.39 is 0 Å². The minimum absolute atomic E-state index is 0.00710. The average Bonchev–Trinajstić information content (AvgIpc) is 2.27. The number of aromatic hydroxyl groups is 1. The lowest BCUT2D eigenvalue weighted by Crippen LogP contribution is -1.94. The lowest BCUT2D eigenvalue weighted by molar-refractivity contribution is 0.101. The van der Waals surface area contributed by atoms with Crippen molar-refractivity contribution in [2.45, 2.75) is 20.3 Å². The van der Waals surface area contributed by atoms with Gasteiger partial charge >= 0.3 is 0 Å². The van der Waals surface area contributed by atoms with E-state index in [1.165, 1.54) is 13.0 Å². The minimum atomic E-state index is -0.0240. The number of phenolic OH excluding ortho intramolecular Hbond substituents is 1. The molecule has 3 heteroatoms. The molecule has 0 spiro atoms. The molecule has 16 heavy (non-hydrogen) atoms. The molecule has 0 aliphatic heterocycles. The second-order valence-electron chi connectivity index (χ2n) is 3.81. The van der Waals surface area contributed by atoms with E-state index in [2.05, 4.69) is 0 Å². The van der Waals surface area contributed by atoms with E-state index in [1.54, 1.807) is 12.1 Å². The van der Waals surface area contributed by atoms with Crippen LogP contribution in [0.1, 0.15) is 29.8 Å². The number of aliphatic hydroxyl groups excluding tert-OH is 1. The Kier molecular flexibility index (Phi) is 4.26. The van der Waals surface area contributed by atoms with E-state index in [0.29, 0.717) is 17.5 Å². The molecule has 0 atom stereocenters. The van der Waals surface area contributed by atoms with Gasteiger partial charge in [-0.1, -0.05) is 11.6 Å². The summed E-state index contributed by atoms with van der Waals surface area (Å²) >= 11 is 0. The van der Waals surface area contributed by atoms with Gasteiger partial charge in [0.25, 0.3) is 0 Å². The van der Waals surface area contributed by atoms with Gasteiger partial charge in [-0.15, -0.1) is 0 Å². The molecule has 2 N–H and O–H groups in total. The van der Waals surface area contributed by atoms with Gasteiger partial charge in [0.1, 0.15) is 5.75 Å². The van der Waals surface area contributed by atoms with Crippen LogP contribution in [0, 0.1) is 0 Å². The average molecular weight is 220 g/mol. The molecule has 0 aliphatic carbocycles. The van der Waals surface area contributed by atoms with Crippen LogP contribution in [0.4, 0.5) is 0 Å². The molecule has 86 valence electrons. The maximum Gasteiger partial charge on any atom is 0.159 e. The predicted octanol–water partition coefficient (Wildman–Crippen LogP) is 2.08. The zero-order valence-electron chi connectivity index (χ0n) is 9.53. The van der Waals surface area contributed by atoms with E-state index in [0.717, 1.165) is 5.57 Å². The fraction of sp³-hybridized carbons (Fsp3) is 0.308. The summed E-state index contributed by atoms with van der Waals surface area (Å²) in [6.45, 7) is 3.31. The molecule has 0 amide bonds. The number of hydrogen-bond acceptors (Lipinski definition) is 3. The SMILES string of the molecule is CC(=O)c1ccc(O)c(C/C=C(\C)CO)c1. The van der Waals surface area contributed by atoms with Crippen LogP contribution in [-0.4, -0.2) is 22.6 Å². The second-order valence-corrected chi connectivity index (χ2v) is 3.81. The van der Waals surface area contributed by atoms with Gasteiger partial charge in [0, 0.05) is 5.56 Å². The predicted molar refractivity (Wildman–Crippen MR) is 62.7 cm³/mol. The summed E-state index contributed by atoms with van der Waals surface area (Å²) in [6.07, 6.45) is 2.35. The minimum Gasteiger partial charge on any atom is -0.508 e. The first-order valence-corrected chi connectivity index (χ1v) is 5.14. The maximum atomic E-state index is 11.2. The van der Waals surface area contributed by atoms with Gasteiger partial charge in [-0.2, -0.15) is 0 Å². The van der Waals surface area contributed by atoms with E-state index >= 15 is 0 Å². The molecule has 0 bridgehead atoms. The van der Waals surface area contributed by atoms with Crippen LogP contribution in [-0.2, 0) is 6.42 Å². The summed E-state index contributed by atoms with van der Waals surface area (Å²) < 4.78 is 0. The van der Waals surface area contributed by atoms with Crippen molar-refractivity contribution in [1.82, 2.24) is 0 Å². The number of carbonyl (C=O) groups is 1. The molecule has 3 nitrogen and oxygen atoms in total. The van der Waals surface area contributed by atoms with Gasteiger partial charge in [0.2, 0.25) is 0 Å². The fourth-order valence-corrected chi connectivity index (χ4v) is 1.32. The van der Waals surface area contributed by atoms with Crippen LogP contribution in [0.25, 0.3) is 0 Å². The molecule has 0 heterocycles. The Morgan fingerprint density at radius 3 is 2.62 bits per heavy atom. The Hall–Kier alpha value is -1.61. The number of phenols is 1. The molecule has 0 saturated carbocycles. The van der Waals surface area contributed by atoms with Crippen molar-refractivity contribution >= 4 is 5.78 Å². The van der Waals surface area contributed by atoms with E-state index in [1.807, 2.05) is 13.0 Å². The zero-order valence-corrected chi connectivity index (χ0v) is 9.53. The molecular weight excluding hydrogens is 204 g/mol. The largest absolute Gasteiger partial charge is 0.508 e. The molecular formula is C13H16O3. The number of aliphatic hydroxyl groups is 1. The maximum absolute atomic E-state index is 11.2. The van der Waals surface area contributed by atoms with E-state index in [-0.39, 0.29) is 18.1 Å². The summed E-state index contributed by atoms with van der Waals surface area (Å²) in [4.78, 5) is 11.2. The lowest BCUT2D eigenvalue weighted by atomic mass is 10.0. The summed E-state index contributed by atoms with van der Waals surface area (Å²) in [7, 11) is 0. The monoisotopic (exact) mass is 220 g/mol. The lowest BCUT2D eigenvalue weighted by Gasteiger charge is -2.04. The van der Waals surface area contributed by atoms with Gasteiger partial charge in [0.15, 0.2) is 5.78 Å². The summed E-state index contributed by atoms with van der Waals surface area (Å²) in [5, 5.41) is 18.4. The highest BCUT2D eigenvalue weighted by Crippen LogP contribution is 2.20. The third kappa shape index (κ3) is 3.21. The highest BCUT2D eigenvalue weighted by atomic mass is 16.3. The summed E-state index contributed by atoms with van der Waals surface area (Å²) in [6, 6.07) is 4.80. The Morgan fingerprint density at radius 2 is 2.06 bits per heavy atom. The van der Waals surface area contributed by atoms with Crippen LogP contribution < -0.4 is 0 Å². The zero-order chi connectivity index (χ0) is 12.1. The smallest absolute Gasteiger partial charge is 0.159 e. The fourth-order valence-electron chi connectivity index (χ4n) is 1.32. The third-order valence-corrected chi connectivity index (χ3v) is 2.41. The van der Waals surface area contributed by atoms with Crippen LogP contribution >= 0.6 is 0 Å². The Bertz CT molecular complexity index is 419. The highest BCUT2D eigenvalue weighted by molar-refractivity contribution is 5.94. The molecule has 1 aromatic rings. The summed E-state index contributed by atoms with van der Waals surface area (Å²) in [5.41, 5.74) is 2.12. The van der Waals surface area contributed by atoms with Gasteiger partial charge in [0.05, 0.1) is 6.61 Å². The van der Waals surface area contributed by atoms with Gasteiger partial charge < -0.3 is 10.2 Å². The van der Waals surface area contributed by atoms with Gasteiger partial charge in [-0.05, 0) is 44.0 Å². The van der Waals surface area contributed by atoms with Gasteiger partial charge in [-0.25, -0.2) is 0 Å². The van der Waals surface area contributed by atoms with Crippen LogP contribution in [0.15, 0.2) is 29.8 Å². The van der Waals surface area contributed by atoms with Crippen LogP contribution in [0.3, 0.4) is 0 Å². The number of hydrogen-bond donors (Lipinski definition) is 2. The van der Waals surface area contributed by atoms with Crippen molar-refractivity contribution in [1.29, 1.82) is 0 Å².